The van der Waals surface area contributed by atoms with Crippen LogP contribution in [0.3, 0.4) is 0 Å². The first-order chi connectivity index (χ1) is 11.1. The Balaban J connectivity index is 1.72. The van der Waals surface area contributed by atoms with Crippen molar-refractivity contribution in [3.63, 3.8) is 0 Å². The molecule has 0 radical (unpaired) electrons. The van der Waals surface area contributed by atoms with Gasteiger partial charge in [-0.1, -0.05) is 12.8 Å². The summed E-state index contributed by atoms with van der Waals surface area (Å²) in [6, 6.07) is 8.35. The summed E-state index contributed by atoms with van der Waals surface area (Å²) in [6.07, 6.45) is 3.92. The Morgan fingerprint density at radius 1 is 1.13 bits per heavy atom. The molecule has 0 spiro atoms. The summed E-state index contributed by atoms with van der Waals surface area (Å²) in [7, 11) is 0. The van der Waals surface area contributed by atoms with E-state index in [9.17, 15) is 9.59 Å². The molecule has 1 amide bonds. The van der Waals surface area contributed by atoms with Gasteiger partial charge in [0.2, 0.25) is 0 Å². The molecule has 0 unspecified atom stereocenters. The minimum atomic E-state index is -0.555. The number of benzene rings is 1. The predicted octanol–water partition coefficient (Wildman–Crippen LogP) is 2.96. The quantitative estimate of drug-likeness (QED) is 0.817. The van der Waals surface area contributed by atoms with Gasteiger partial charge in [0.1, 0.15) is 11.3 Å². The molecule has 122 valence electrons. The van der Waals surface area contributed by atoms with Crippen molar-refractivity contribution in [2.75, 3.05) is 13.1 Å². The van der Waals surface area contributed by atoms with Gasteiger partial charge in [-0.15, -0.1) is 0 Å². The van der Waals surface area contributed by atoms with Crippen LogP contribution in [0.15, 0.2) is 39.5 Å². The Morgan fingerprint density at radius 2 is 1.83 bits per heavy atom. The molecule has 1 saturated heterocycles. The zero-order valence-electron chi connectivity index (χ0n) is 13.3. The number of fused-ring (bicyclic) bond motifs is 1. The number of nitrogens with zero attached hydrogens (tertiary/aromatic N) is 1. The first kappa shape index (κ1) is 15.6. The average Bonchev–Trinajstić information content (AvgIpc) is 2.83. The van der Waals surface area contributed by atoms with Crippen LogP contribution in [0, 0.1) is 0 Å². The van der Waals surface area contributed by atoms with Gasteiger partial charge in [0.05, 0.1) is 0 Å². The van der Waals surface area contributed by atoms with Gasteiger partial charge >= 0.3 is 5.63 Å². The fourth-order valence-electron chi connectivity index (χ4n) is 2.92. The number of ether oxygens (including phenoxy) is 1. The summed E-state index contributed by atoms with van der Waals surface area (Å²) >= 11 is 0. The van der Waals surface area contributed by atoms with Crippen LogP contribution < -0.4 is 10.4 Å². The molecule has 1 fully saturated rings. The molecule has 0 saturated carbocycles. The summed E-state index contributed by atoms with van der Waals surface area (Å²) in [5.74, 6) is 0.545. The Morgan fingerprint density at radius 3 is 2.57 bits per heavy atom. The van der Waals surface area contributed by atoms with Gasteiger partial charge in [0, 0.05) is 30.6 Å². The smallest absolute Gasteiger partial charge is 0.336 e. The first-order valence-electron chi connectivity index (χ1n) is 8.13. The molecule has 1 atom stereocenters. The molecule has 1 aromatic carbocycles. The lowest BCUT2D eigenvalue weighted by molar-refractivity contribution is -0.137. The third kappa shape index (κ3) is 3.73. The van der Waals surface area contributed by atoms with Gasteiger partial charge < -0.3 is 14.1 Å². The third-order valence-electron chi connectivity index (χ3n) is 4.17. The third-order valence-corrected chi connectivity index (χ3v) is 4.17. The van der Waals surface area contributed by atoms with E-state index < -0.39 is 11.7 Å². The van der Waals surface area contributed by atoms with Gasteiger partial charge in [0.15, 0.2) is 6.10 Å². The maximum atomic E-state index is 12.5. The highest BCUT2D eigenvalue weighted by Crippen LogP contribution is 2.21. The zero-order chi connectivity index (χ0) is 16.2. The Kier molecular flexibility index (Phi) is 4.65. The lowest BCUT2D eigenvalue weighted by atomic mass is 10.2. The largest absolute Gasteiger partial charge is 0.481 e. The van der Waals surface area contributed by atoms with Crippen LogP contribution >= 0.6 is 0 Å². The lowest BCUT2D eigenvalue weighted by Gasteiger charge is -2.24. The number of amides is 1. The molecule has 0 aliphatic carbocycles. The van der Waals surface area contributed by atoms with E-state index in [1.807, 2.05) is 11.0 Å². The number of carbonyl (C=O) groups excluding carboxylic acids is 1. The fourth-order valence-corrected chi connectivity index (χ4v) is 2.92. The van der Waals surface area contributed by atoms with Crippen LogP contribution in [0.1, 0.15) is 32.6 Å². The van der Waals surface area contributed by atoms with Gasteiger partial charge in [0.25, 0.3) is 5.91 Å². The van der Waals surface area contributed by atoms with E-state index in [1.165, 1.54) is 18.9 Å². The standard InChI is InChI=1S/C18H21NO4/c1-13(18(21)19-10-4-2-3-5-11-19)22-15-8-6-14-7-9-17(20)23-16(14)12-15/h6-9,12-13H,2-5,10-11H2,1H3/t13-/m1/s1. The van der Waals surface area contributed by atoms with E-state index in [0.717, 1.165) is 31.3 Å². The predicted molar refractivity (Wildman–Crippen MR) is 87.6 cm³/mol. The second-order valence-corrected chi connectivity index (χ2v) is 5.95. The molecule has 1 aromatic heterocycles. The average molecular weight is 315 g/mol. The SMILES string of the molecule is C[C@@H](Oc1ccc2ccc(=O)oc2c1)C(=O)N1CCCCCC1. The Labute approximate surface area is 134 Å². The Bertz CT molecular complexity index is 744. The van der Waals surface area contributed by atoms with Crippen LogP contribution in [-0.2, 0) is 4.79 Å². The van der Waals surface area contributed by atoms with Crippen molar-refractivity contribution in [2.24, 2.45) is 0 Å². The van der Waals surface area contributed by atoms with Gasteiger partial charge in [-0.25, -0.2) is 4.79 Å². The van der Waals surface area contributed by atoms with E-state index in [1.54, 1.807) is 25.1 Å². The molecule has 23 heavy (non-hydrogen) atoms. The lowest BCUT2D eigenvalue weighted by Crippen LogP contribution is -2.40. The van der Waals surface area contributed by atoms with Crippen LogP contribution in [0.2, 0.25) is 0 Å². The van der Waals surface area contributed by atoms with Crippen molar-refractivity contribution in [1.29, 1.82) is 0 Å². The second-order valence-electron chi connectivity index (χ2n) is 5.95. The number of likely N-dealkylation sites (tertiary alicyclic amines) is 1. The topological polar surface area (TPSA) is 59.8 Å². The van der Waals surface area contributed by atoms with Crippen molar-refractivity contribution in [3.05, 3.63) is 40.8 Å². The van der Waals surface area contributed by atoms with Crippen molar-refractivity contribution >= 4 is 16.9 Å². The molecule has 3 rings (SSSR count). The summed E-state index contributed by atoms with van der Waals surface area (Å²) in [5, 5.41) is 0.823. The van der Waals surface area contributed by atoms with Gasteiger partial charge in [-0.05, 0) is 38.0 Å². The van der Waals surface area contributed by atoms with E-state index >= 15 is 0 Å². The van der Waals surface area contributed by atoms with E-state index in [2.05, 4.69) is 0 Å². The molecule has 2 heterocycles. The van der Waals surface area contributed by atoms with Gasteiger partial charge in [-0.2, -0.15) is 0 Å². The van der Waals surface area contributed by atoms with E-state index in [-0.39, 0.29) is 5.91 Å². The van der Waals surface area contributed by atoms with Crippen LogP contribution in [0.4, 0.5) is 0 Å². The summed E-state index contributed by atoms with van der Waals surface area (Å²) in [6.45, 7) is 3.37. The molecule has 1 aliphatic rings. The van der Waals surface area contributed by atoms with Crippen molar-refractivity contribution in [1.82, 2.24) is 4.90 Å². The highest BCUT2D eigenvalue weighted by molar-refractivity contribution is 5.81. The highest BCUT2D eigenvalue weighted by atomic mass is 16.5. The minimum absolute atomic E-state index is 0.0153. The summed E-state index contributed by atoms with van der Waals surface area (Å²) in [4.78, 5) is 25.7. The first-order valence-corrected chi connectivity index (χ1v) is 8.13. The fraction of sp³-hybridized carbons (Fsp3) is 0.444. The molecule has 0 bridgehead atoms. The summed E-state index contributed by atoms with van der Waals surface area (Å²) < 4.78 is 10.9. The molecule has 5 heteroatoms. The molecule has 5 nitrogen and oxygen atoms in total. The monoisotopic (exact) mass is 315 g/mol. The maximum absolute atomic E-state index is 12.5. The highest BCUT2D eigenvalue weighted by Gasteiger charge is 2.22. The van der Waals surface area contributed by atoms with Crippen LogP contribution in [0.25, 0.3) is 11.0 Å². The molecular weight excluding hydrogens is 294 g/mol. The van der Waals surface area contributed by atoms with Crippen LogP contribution in [0.5, 0.6) is 5.75 Å². The molecular formula is C18H21NO4. The summed E-state index contributed by atoms with van der Waals surface area (Å²) in [5.41, 5.74) is 0.0627. The number of carbonyl (C=O) groups is 1. The van der Waals surface area contributed by atoms with E-state index in [0.29, 0.717) is 11.3 Å². The van der Waals surface area contributed by atoms with Crippen molar-refractivity contribution in [3.8, 4) is 5.75 Å². The van der Waals surface area contributed by atoms with Crippen LogP contribution in [-0.4, -0.2) is 30.0 Å². The Hall–Kier alpha value is -2.30. The molecule has 0 N–H and O–H groups in total. The van der Waals surface area contributed by atoms with Crippen molar-refractivity contribution in [2.45, 2.75) is 38.7 Å². The minimum Gasteiger partial charge on any atom is -0.481 e. The molecule has 2 aromatic rings. The number of hydrogen-bond acceptors (Lipinski definition) is 4. The van der Waals surface area contributed by atoms with Crippen molar-refractivity contribution < 1.29 is 13.9 Å². The normalized spacial score (nSPS) is 16.8. The number of rotatable bonds is 3. The maximum Gasteiger partial charge on any atom is 0.336 e. The molecule has 1 aliphatic heterocycles. The van der Waals surface area contributed by atoms with Gasteiger partial charge in [-0.3, -0.25) is 4.79 Å². The second kappa shape index (κ2) is 6.86. The zero-order valence-corrected chi connectivity index (χ0v) is 13.3. The number of hydrogen-bond donors (Lipinski definition) is 0. The van der Waals surface area contributed by atoms with E-state index in [4.69, 9.17) is 9.15 Å².